The highest BCUT2D eigenvalue weighted by Gasteiger charge is 2.44. The van der Waals surface area contributed by atoms with E-state index in [2.05, 4.69) is 10.3 Å². The van der Waals surface area contributed by atoms with Gasteiger partial charge in [0.2, 0.25) is 5.91 Å². The van der Waals surface area contributed by atoms with E-state index >= 15 is 0 Å². The Bertz CT molecular complexity index is 1220. The summed E-state index contributed by atoms with van der Waals surface area (Å²) in [5, 5.41) is 14.3. The maximum Gasteiger partial charge on any atom is 0.277 e. The molecule has 0 unspecified atom stereocenters. The second kappa shape index (κ2) is 8.61. The van der Waals surface area contributed by atoms with E-state index in [1.54, 1.807) is 13.2 Å². The number of amides is 2. The second-order valence-corrected chi connectivity index (χ2v) is 8.97. The van der Waals surface area contributed by atoms with Gasteiger partial charge in [-0.2, -0.15) is 0 Å². The molecule has 3 aromatic rings. The molecule has 2 aromatic carbocycles. The van der Waals surface area contributed by atoms with Crippen molar-refractivity contribution in [2.75, 3.05) is 20.3 Å². The van der Waals surface area contributed by atoms with Crippen LogP contribution < -0.4 is 5.32 Å². The quantitative estimate of drug-likeness (QED) is 0.447. The van der Waals surface area contributed by atoms with Gasteiger partial charge in [0.15, 0.2) is 0 Å². The van der Waals surface area contributed by atoms with Gasteiger partial charge in [-0.1, -0.05) is 18.2 Å². The molecule has 1 aliphatic carbocycles. The van der Waals surface area contributed by atoms with Crippen LogP contribution in [0.5, 0.6) is 0 Å². The first-order valence-corrected chi connectivity index (χ1v) is 11.3. The molecular formula is C25H28N4O4. The summed E-state index contributed by atoms with van der Waals surface area (Å²) in [5.74, 6) is 0.268. The van der Waals surface area contributed by atoms with Crippen molar-refractivity contribution in [2.24, 2.45) is 5.41 Å². The molecule has 2 amide bonds. The van der Waals surface area contributed by atoms with Crippen LogP contribution >= 0.6 is 0 Å². The lowest BCUT2D eigenvalue weighted by atomic mass is 9.70. The standard InChI is InChI=1S/C25H28N4O4/c1-33-13-12-28-21-5-3-2-4-20(21)27-22(28)16-29(32)23(30)18-6-7-19-15-25(9-8-17(19)14-18)10-11-26-24(25)31/h2-7,14,32H,8-13,15-16H2,1H3,(H,26,31)/t25-/m0/s1. The Morgan fingerprint density at radius 2 is 2.09 bits per heavy atom. The van der Waals surface area contributed by atoms with Crippen molar-refractivity contribution in [3.05, 3.63) is 65.0 Å². The minimum absolute atomic E-state index is 0.0302. The lowest BCUT2D eigenvalue weighted by Gasteiger charge is -2.32. The van der Waals surface area contributed by atoms with E-state index in [0.29, 0.717) is 31.0 Å². The Kier molecular flexibility index (Phi) is 5.64. The number of carbonyl (C=O) groups is 2. The van der Waals surface area contributed by atoms with Crippen molar-refractivity contribution in [3.8, 4) is 0 Å². The smallest absolute Gasteiger partial charge is 0.277 e. The van der Waals surface area contributed by atoms with Crippen LogP contribution in [-0.4, -0.2) is 51.9 Å². The molecule has 172 valence electrons. The number of aryl methyl sites for hydroxylation is 1. The Morgan fingerprint density at radius 3 is 2.88 bits per heavy atom. The molecule has 2 heterocycles. The largest absolute Gasteiger partial charge is 0.383 e. The number of hydroxylamine groups is 2. The maximum atomic E-state index is 13.0. The summed E-state index contributed by atoms with van der Waals surface area (Å²) >= 11 is 0. The first-order valence-electron chi connectivity index (χ1n) is 11.3. The highest BCUT2D eigenvalue weighted by molar-refractivity contribution is 5.94. The summed E-state index contributed by atoms with van der Waals surface area (Å²) in [7, 11) is 1.64. The monoisotopic (exact) mass is 448 g/mol. The normalized spacial score (nSPS) is 19.6. The van der Waals surface area contributed by atoms with Gasteiger partial charge in [0, 0.05) is 25.8 Å². The number of nitrogens with one attached hydrogen (secondary N) is 1. The van der Waals surface area contributed by atoms with Crippen molar-refractivity contribution in [1.29, 1.82) is 0 Å². The lowest BCUT2D eigenvalue weighted by Crippen LogP contribution is -2.36. The maximum absolute atomic E-state index is 13.0. The van der Waals surface area contributed by atoms with Gasteiger partial charge in [-0.3, -0.25) is 14.8 Å². The fraction of sp³-hybridized carbons (Fsp3) is 0.400. The summed E-state index contributed by atoms with van der Waals surface area (Å²) in [6.45, 7) is 1.77. The van der Waals surface area contributed by atoms with E-state index in [9.17, 15) is 14.8 Å². The number of hydrogen-bond donors (Lipinski definition) is 2. The number of rotatable bonds is 6. The number of aromatic nitrogens is 2. The predicted molar refractivity (Wildman–Crippen MR) is 122 cm³/mol. The number of nitrogens with zero attached hydrogens (tertiary/aromatic N) is 3. The van der Waals surface area contributed by atoms with Crippen LogP contribution in [0.3, 0.4) is 0 Å². The highest BCUT2D eigenvalue weighted by atomic mass is 16.5. The Hall–Kier alpha value is -3.23. The molecule has 33 heavy (non-hydrogen) atoms. The number of hydrogen-bond acceptors (Lipinski definition) is 5. The van der Waals surface area contributed by atoms with Crippen molar-refractivity contribution < 1.29 is 19.5 Å². The van der Waals surface area contributed by atoms with E-state index in [1.165, 1.54) is 0 Å². The van der Waals surface area contributed by atoms with Gasteiger partial charge >= 0.3 is 0 Å². The van der Waals surface area contributed by atoms with Crippen molar-refractivity contribution >= 4 is 22.8 Å². The summed E-state index contributed by atoms with van der Waals surface area (Å²) in [6, 6.07) is 13.2. The first kappa shape index (κ1) is 21.6. The van der Waals surface area contributed by atoms with Crippen LogP contribution in [0.25, 0.3) is 11.0 Å². The number of para-hydroxylation sites is 2. The third-order valence-electron chi connectivity index (χ3n) is 7.00. The third kappa shape index (κ3) is 3.89. The predicted octanol–water partition coefficient (Wildman–Crippen LogP) is 2.71. The third-order valence-corrected chi connectivity index (χ3v) is 7.00. The van der Waals surface area contributed by atoms with Crippen LogP contribution in [0.2, 0.25) is 0 Å². The van der Waals surface area contributed by atoms with Crippen molar-refractivity contribution in [1.82, 2.24) is 19.9 Å². The van der Waals surface area contributed by atoms with Gasteiger partial charge in [0.05, 0.1) is 23.1 Å². The van der Waals surface area contributed by atoms with Gasteiger partial charge in [0.1, 0.15) is 12.4 Å². The minimum atomic E-state index is -0.470. The number of imidazole rings is 1. The molecule has 8 heteroatoms. The molecule has 1 fully saturated rings. The number of ether oxygens (including phenoxy) is 1. The molecule has 0 bridgehead atoms. The van der Waals surface area contributed by atoms with Crippen LogP contribution in [0, 0.1) is 5.41 Å². The van der Waals surface area contributed by atoms with Crippen LogP contribution in [-0.2, 0) is 35.5 Å². The van der Waals surface area contributed by atoms with Gasteiger partial charge in [-0.15, -0.1) is 0 Å². The number of fused-ring (bicyclic) bond motifs is 2. The van der Waals surface area contributed by atoms with Crippen molar-refractivity contribution in [3.63, 3.8) is 0 Å². The van der Waals surface area contributed by atoms with E-state index in [1.807, 2.05) is 41.0 Å². The summed E-state index contributed by atoms with van der Waals surface area (Å²) in [5.41, 5.74) is 4.06. The molecule has 1 aromatic heterocycles. The lowest BCUT2D eigenvalue weighted by molar-refractivity contribution is -0.128. The van der Waals surface area contributed by atoms with E-state index < -0.39 is 5.91 Å². The number of methoxy groups -OCH3 is 1. The zero-order valence-corrected chi connectivity index (χ0v) is 18.7. The van der Waals surface area contributed by atoms with Crippen molar-refractivity contribution in [2.45, 2.75) is 38.8 Å². The molecule has 1 spiro atoms. The molecule has 0 radical (unpaired) electrons. The van der Waals surface area contributed by atoms with Gasteiger partial charge in [-0.25, -0.2) is 10.0 Å². The van der Waals surface area contributed by atoms with E-state index in [4.69, 9.17) is 4.74 Å². The molecule has 5 rings (SSSR count). The van der Waals surface area contributed by atoms with Gasteiger partial charge in [-0.05, 0) is 61.1 Å². The average molecular weight is 449 g/mol. The van der Waals surface area contributed by atoms with Gasteiger partial charge < -0.3 is 14.6 Å². The minimum Gasteiger partial charge on any atom is -0.383 e. The molecule has 1 aliphatic heterocycles. The number of benzene rings is 2. The number of carbonyl (C=O) groups excluding carboxylic acids is 2. The van der Waals surface area contributed by atoms with E-state index in [-0.39, 0.29) is 17.9 Å². The molecule has 2 aliphatic rings. The Morgan fingerprint density at radius 1 is 1.24 bits per heavy atom. The topological polar surface area (TPSA) is 96.7 Å². The molecule has 1 saturated heterocycles. The molecule has 8 nitrogen and oxygen atoms in total. The van der Waals surface area contributed by atoms with E-state index in [0.717, 1.165) is 53.0 Å². The fourth-order valence-electron chi connectivity index (χ4n) is 5.15. The van der Waals surface area contributed by atoms with Crippen LogP contribution in [0.1, 0.15) is 40.2 Å². The van der Waals surface area contributed by atoms with Crippen LogP contribution in [0.4, 0.5) is 0 Å². The molecule has 0 saturated carbocycles. The average Bonchev–Trinajstić information content (AvgIpc) is 3.36. The molecule has 2 N–H and O–H groups in total. The zero-order valence-electron chi connectivity index (χ0n) is 18.7. The molecule has 1 atom stereocenters. The van der Waals surface area contributed by atoms with Gasteiger partial charge in [0.25, 0.3) is 5.91 Å². The zero-order chi connectivity index (χ0) is 23.0. The highest BCUT2D eigenvalue weighted by Crippen LogP contribution is 2.41. The second-order valence-electron chi connectivity index (χ2n) is 8.97. The van der Waals surface area contributed by atoms with Crippen LogP contribution in [0.15, 0.2) is 42.5 Å². The summed E-state index contributed by atoms with van der Waals surface area (Å²) in [4.78, 5) is 30.0. The first-order chi connectivity index (χ1) is 16.0. The summed E-state index contributed by atoms with van der Waals surface area (Å²) < 4.78 is 7.18. The SMILES string of the molecule is COCCn1c(CN(O)C(=O)c2ccc3c(c2)CC[C@]2(CCNC2=O)C3)nc2ccccc21. The Balaban J connectivity index is 1.35. The fourth-order valence-corrected chi connectivity index (χ4v) is 5.15. The molecular weight excluding hydrogens is 420 g/mol. The summed E-state index contributed by atoms with van der Waals surface area (Å²) in [6.07, 6.45) is 3.10. The Labute approximate surface area is 192 Å².